The van der Waals surface area contributed by atoms with Gasteiger partial charge in [0.2, 0.25) is 0 Å². The number of ether oxygens (including phenoxy) is 1. The Balaban J connectivity index is 2.22. The average Bonchev–Trinajstić information content (AvgIpc) is 2.47. The fourth-order valence-corrected chi connectivity index (χ4v) is 1.91. The fourth-order valence-electron chi connectivity index (χ4n) is 1.91. The van der Waals surface area contributed by atoms with Crippen LogP contribution in [0.15, 0.2) is 42.5 Å². The monoisotopic (exact) mass is 300 g/mol. The zero-order valence-corrected chi connectivity index (χ0v) is 11.8. The zero-order valence-electron chi connectivity index (χ0n) is 11.8. The molecule has 0 bridgehead atoms. The van der Waals surface area contributed by atoms with Crippen molar-refractivity contribution < 1.29 is 24.5 Å². The van der Waals surface area contributed by atoms with Gasteiger partial charge in [0, 0.05) is 5.69 Å². The summed E-state index contributed by atoms with van der Waals surface area (Å²) in [6, 6.07) is 10.3. The molecule has 2 aromatic rings. The summed E-state index contributed by atoms with van der Waals surface area (Å²) < 4.78 is 5.37. The summed E-state index contributed by atoms with van der Waals surface area (Å²) in [6.07, 6.45) is 0. The summed E-state index contributed by atoms with van der Waals surface area (Å²) in [6.45, 7) is 2.23. The van der Waals surface area contributed by atoms with Crippen LogP contribution in [0.5, 0.6) is 11.5 Å². The second-order valence-electron chi connectivity index (χ2n) is 4.40. The van der Waals surface area contributed by atoms with Crippen molar-refractivity contribution in [3.63, 3.8) is 0 Å². The largest absolute Gasteiger partial charge is 0.872 e. The molecule has 0 saturated heterocycles. The highest BCUT2D eigenvalue weighted by Crippen LogP contribution is 2.22. The van der Waals surface area contributed by atoms with Gasteiger partial charge in [0.25, 0.3) is 5.91 Å². The third-order valence-electron chi connectivity index (χ3n) is 2.90. The van der Waals surface area contributed by atoms with Crippen LogP contribution in [0.4, 0.5) is 5.69 Å². The lowest BCUT2D eigenvalue weighted by atomic mass is 10.1. The van der Waals surface area contributed by atoms with E-state index in [0.717, 1.165) is 12.1 Å². The molecule has 2 aromatic carbocycles. The molecule has 2 N–H and O–H groups in total. The Bertz CT molecular complexity index is 711. The number of amides is 1. The summed E-state index contributed by atoms with van der Waals surface area (Å²) >= 11 is 0. The number of hydrogen-bond donors (Lipinski definition) is 2. The van der Waals surface area contributed by atoms with Gasteiger partial charge in [-0.15, -0.1) is 0 Å². The van der Waals surface area contributed by atoms with Gasteiger partial charge in [-0.1, -0.05) is 17.9 Å². The number of aromatic carboxylic acids is 1. The van der Waals surface area contributed by atoms with E-state index < -0.39 is 17.6 Å². The number of carboxylic acid groups (broad SMARTS) is 1. The number of anilines is 1. The molecule has 22 heavy (non-hydrogen) atoms. The quantitative estimate of drug-likeness (QED) is 0.881. The minimum Gasteiger partial charge on any atom is -0.872 e. The van der Waals surface area contributed by atoms with Crippen molar-refractivity contribution in [2.45, 2.75) is 6.92 Å². The highest BCUT2D eigenvalue weighted by molar-refractivity contribution is 6.06. The highest BCUT2D eigenvalue weighted by Gasteiger charge is 2.12. The molecule has 0 saturated carbocycles. The highest BCUT2D eigenvalue weighted by atomic mass is 16.5. The number of nitrogens with one attached hydrogen (secondary N) is 1. The molecular weight excluding hydrogens is 286 g/mol. The number of carboxylic acids is 1. The summed E-state index contributed by atoms with van der Waals surface area (Å²) in [7, 11) is 0. The molecule has 0 fully saturated rings. The topological polar surface area (TPSA) is 98.7 Å². The van der Waals surface area contributed by atoms with E-state index in [2.05, 4.69) is 5.32 Å². The van der Waals surface area contributed by atoms with Crippen molar-refractivity contribution in [3.05, 3.63) is 53.6 Å². The predicted octanol–water partition coefficient (Wildman–Crippen LogP) is 2.11. The second-order valence-corrected chi connectivity index (χ2v) is 4.40. The number of carbonyl (C=O) groups is 2. The maximum Gasteiger partial charge on any atom is 0.335 e. The van der Waals surface area contributed by atoms with Crippen molar-refractivity contribution in [1.29, 1.82) is 0 Å². The molecule has 0 spiro atoms. The first-order valence-electron chi connectivity index (χ1n) is 6.60. The van der Waals surface area contributed by atoms with E-state index in [0.29, 0.717) is 17.9 Å². The SMILES string of the molecule is CCOc1ccccc1C(=O)Nc1ccc(C(=O)O)c([O-])c1. The van der Waals surface area contributed by atoms with Gasteiger partial charge >= 0.3 is 5.97 Å². The molecule has 6 nitrogen and oxygen atoms in total. The lowest BCUT2D eigenvalue weighted by molar-refractivity contribution is -0.268. The van der Waals surface area contributed by atoms with Crippen LogP contribution < -0.4 is 15.2 Å². The second kappa shape index (κ2) is 6.62. The molecular formula is C16H14NO5-. The fraction of sp³-hybridized carbons (Fsp3) is 0.125. The van der Waals surface area contributed by atoms with E-state index in [1.807, 2.05) is 6.92 Å². The predicted molar refractivity (Wildman–Crippen MR) is 78.4 cm³/mol. The standard InChI is InChI=1S/C16H15NO5/c1-2-22-14-6-4-3-5-12(14)15(19)17-10-7-8-11(16(20)21)13(18)9-10/h3-9,18H,2H2,1H3,(H,17,19)(H,20,21)/p-1. The summed E-state index contributed by atoms with van der Waals surface area (Å²) in [5, 5.41) is 23.0. The van der Waals surface area contributed by atoms with E-state index >= 15 is 0 Å². The summed E-state index contributed by atoms with van der Waals surface area (Å²) in [4.78, 5) is 23.0. The van der Waals surface area contributed by atoms with Crippen LogP contribution in [0.25, 0.3) is 0 Å². The third-order valence-corrected chi connectivity index (χ3v) is 2.90. The number of carbonyl (C=O) groups excluding carboxylic acids is 1. The first kappa shape index (κ1) is 15.4. The first-order chi connectivity index (χ1) is 10.5. The van der Waals surface area contributed by atoms with Gasteiger partial charge in [0.15, 0.2) is 0 Å². The van der Waals surface area contributed by atoms with E-state index in [1.54, 1.807) is 24.3 Å². The van der Waals surface area contributed by atoms with Crippen molar-refractivity contribution in [2.24, 2.45) is 0 Å². The minimum absolute atomic E-state index is 0.228. The van der Waals surface area contributed by atoms with Crippen LogP contribution in [-0.4, -0.2) is 23.6 Å². The maximum absolute atomic E-state index is 12.2. The molecule has 1 amide bonds. The molecule has 0 aliphatic carbocycles. The van der Waals surface area contributed by atoms with Gasteiger partial charge < -0.3 is 20.3 Å². The molecule has 0 aliphatic heterocycles. The summed E-state index contributed by atoms with van der Waals surface area (Å²) in [5.74, 6) is -1.97. The average molecular weight is 300 g/mol. The Kier molecular flexibility index (Phi) is 4.63. The number of benzene rings is 2. The van der Waals surface area contributed by atoms with E-state index in [9.17, 15) is 14.7 Å². The zero-order chi connectivity index (χ0) is 16.1. The van der Waals surface area contributed by atoms with Gasteiger partial charge in [0.1, 0.15) is 5.75 Å². The van der Waals surface area contributed by atoms with Crippen LogP contribution in [0, 0.1) is 0 Å². The lowest BCUT2D eigenvalue weighted by Crippen LogP contribution is -2.14. The van der Waals surface area contributed by atoms with Crippen LogP contribution >= 0.6 is 0 Å². The first-order valence-corrected chi connectivity index (χ1v) is 6.60. The Morgan fingerprint density at radius 2 is 1.91 bits per heavy atom. The van der Waals surface area contributed by atoms with Crippen molar-refractivity contribution >= 4 is 17.6 Å². The molecule has 0 heterocycles. The minimum atomic E-state index is -1.30. The van der Waals surface area contributed by atoms with Crippen LogP contribution in [-0.2, 0) is 0 Å². The number of hydrogen-bond acceptors (Lipinski definition) is 4. The van der Waals surface area contributed by atoms with Gasteiger partial charge in [0.05, 0.1) is 17.7 Å². The van der Waals surface area contributed by atoms with Gasteiger partial charge in [-0.3, -0.25) is 4.79 Å². The molecule has 6 heteroatoms. The van der Waals surface area contributed by atoms with E-state index in [4.69, 9.17) is 9.84 Å². The molecule has 114 valence electrons. The van der Waals surface area contributed by atoms with Crippen LogP contribution in [0.3, 0.4) is 0 Å². The van der Waals surface area contributed by atoms with Crippen molar-refractivity contribution in [1.82, 2.24) is 0 Å². The molecule has 0 aliphatic rings. The van der Waals surface area contributed by atoms with Gasteiger partial charge in [-0.05, 0) is 37.3 Å². The van der Waals surface area contributed by atoms with E-state index in [1.165, 1.54) is 6.07 Å². The molecule has 2 rings (SSSR count). The van der Waals surface area contributed by atoms with Crippen molar-refractivity contribution in [2.75, 3.05) is 11.9 Å². The Morgan fingerprint density at radius 3 is 2.55 bits per heavy atom. The van der Waals surface area contributed by atoms with Gasteiger partial charge in [-0.25, -0.2) is 4.79 Å². The van der Waals surface area contributed by atoms with E-state index in [-0.39, 0.29) is 11.3 Å². The molecule has 0 aromatic heterocycles. The smallest absolute Gasteiger partial charge is 0.335 e. The number of rotatable bonds is 5. The Hall–Kier alpha value is -3.02. The Labute approximate surface area is 127 Å². The molecule has 0 radical (unpaired) electrons. The normalized spacial score (nSPS) is 10.0. The lowest BCUT2D eigenvalue weighted by Gasteiger charge is -2.14. The Morgan fingerprint density at radius 1 is 1.18 bits per heavy atom. The molecule has 0 unspecified atom stereocenters. The molecule has 0 atom stereocenters. The third kappa shape index (κ3) is 3.35. The number of para-hydroxylation sites is 1. The van der Waals surface area contributed by atoms with Crippen molar-refractivity contribution in [3.8, 4) is 11.5 Å². The van der Waals surface area contributed by atoms with Gasteiger partial charge in [-0.2, -0.15) is 0 Å². The van der Waals surface area contributed by atoms with Crippen LogP contribution in [0.1, 0.15) is 27.6 Å². The maximum atomic E-state index is 12.2. The van der Waals surface area contributed by atoms with Crippen LogP contribution in [0.2, 0.25) is 0 Å². The summed E-state index contributed by atoms with van der Waals surface area (Å²) in [5.41, 5.74) is 0.220.